The van der Waals surface area contributed by atoms with Gasteiger partial charge in [0.15, 0.2) is 15.5 Å². The molecule has 0 amide bonds. The standard InChI is InChI=1S/C17H18N4O8S2/c1-3-21-16(22)14(10-18)11(2)15(17(21)23)20-19-12-4-6-13(7-5-12)30(24,25)9-8-29-31(26,27)28/h4-7,22H,3,8-9H2,1-2H3,(H,26,27,28). The summed E-state index contributed by atoms with van der Waals surface area (Å²) in [5, 5.41) is 27.0. The number of sulfone groups is 1. The molecule has 166 valence electrons. The molecule has 2 N–H and O–H groups in total. The Labute approximate surface area is 177 Å². The van der Waals surface area contributed by atoms with Crippen molar-refractivity contribution in [2.45, 2.75) is 25.3 Å². The zero-order valence-electron chi connectivity index (χ0n) is 16.4. The van der Waals surface area contributed by atoms with Crippen molar-refractivity contribution in [3.8, 4) is 11.9 Å². The van der Waals surface area contributed by atoms with E-state index in [0.717, 1.165) is 4.57 Å². The van der Waals surface area contributed by atoms with Crippen LogP contribution in [0.15, 0.2) is 44.2 Å². The van der Waals surface area contributed by atoms with E-state index in [2.05, 4.69) is 14.4 Å². The first kappa shape index (κ1) is 24.2. The Bertz CT molecular complexity index is 1320. The Morgan fingerprint density at radius 1 is 1.16 bits per heavy atom. The average molecular weight is 470 g/mol. The second-order valence-corrected chi connectivity index (χ2v) is 9.30. The van der Waals surface area contributed by atoms with Crippen LogP contribution in [-0.2, 0) is 31.0 Å². The van der Waals surface area contributed by atoms with Crippen LogP contribution >= 0.6 is 0 Å². The van der Waals surface area contributed by atoms with E-state index in [1.54, 1.807) is 6.92 Å². The number of hydrogen-bond donors (Lipinski definition) is 2. The summed E-state index contributed by atoms with van der Waals surface area (Å²) in [5.41, 5.74) is -0.546. The Balaban J connectivity index is 2.30. The minimum absolute atomic E-state index is 0.107. The molecule has 0 bridgehead atoms. The minimum Gasteiger partial charge on any atom is -0.493 e. The Kier molecular flexibility index (Phi) is 7.28. The van der Waals surface area contributed by atoms with Crippen molar-refractivity contribution in [1.82, 2.24) is 4.57 Å². The van der Waals surface area contributed by atoms with E-state index < -0.39 is 44.0 Å². The summed E-state index contributed by atoms with van der Waals surface area (Å²) >= 11 is 0. The van der Waals surface area contributed by atoms with Gasteiger partial charge >= 0.3 is 10.4 Å². The molecule has 0 aliphatic rings. The molecule has 2 rings (SSSR count). The molecule has 31 heavy (non-hydrogen) atoms. The lowest BCUT2D eigenvalue weighted by molar-refractivity contribution is 0.284. The lowest BCUT2D eigenvalue weighted by atomic mass is 10.1. The van der Waals surface area contributed by atoms with Crippen LogP contribution in [0.4, 0.5) is 11.4 Å². The summed E-state index contributed by atoms with van der Waals surface area (Å²) < 4.78 is 58.8. The molecule has 1 heterocycles. The van der Waals surface area contributed by atoms with Crippen LogP contribution in [0.5, 0.6) is 5.88 Å². The van der Waals surface area contributed by atoms with Crippen molar-refractivity contribution in [1.29, 1.82) is 5.26 Å². The minimum atomic E-state index is -4.74. The lowest BCUT2D eigenvalue weighted by Gasteiger charge is -2.10. The van der Waals surface area contributed by atoms with Gasteiger partial charge in [0.1, 0.15) is 11.6 Å². The first-order valence-corrected chi connectivity index (χ1v) is 11.7. The average Bonchev–Trinajstić information content (AvgIpc) is 2.67. The van der Waals surface area contributed by atoms with Crippen LogP contribution in [0.25, 0.3) is 0 Å². The number of hydrogen-bond acceptors (Lipinski definition) is 10. The van der Waals surface area contributed by atoms with Crippen molar-refractivity contribution in [2.24, 2.45) is 10.2 Å². The summed E-state index contributed by atoms with van der Waals surface area (Å²) in [6.45, 7) is 2.40. The highest BCUT2D eigenvalue weighted by Crippen LogP contribution is 2.27. The van der Waals surface area contributed by atoms with Crippen LogP contribution in [-0.4, -0.2) is 43.4 Å². The Morgan fingerprint density at radius 3 is 2.29 bits per heavy atom. The smallest absolute Gasteiger partial charge is 0.397 e. The summed E-state index contributed by atoms with van der Waals surface area (Å²) in [7, 11) is -8.64. The molecule has 1 aromatic heterocycles. The number of azo groups is 1. The maximum Gasteiger partial charge on any atom is 0.397 e. The van der Waals surface area contributed by atoms with Gasteiger partial charge in [-0.3, -0.25) is 13.9 Å². The van der Waals surface area contributed by atoms with Crippen LogP contribution in [0, 0.1) is 18.3 Å². The number of aromatic nitrogens is 1. The van der Waals surface area contributed by atoms with Gasteiger partial charge in [0.25, 0.3) is 5.56 Å². The number of nitriles is 1. The molecular formula is C17H18N4O8S2. The fraction of sp³-hybridized carbons (Fsp3) is 0.294. The number of aromatic hydroxyl groups is 1. The van der Waals surface area contributed by atoms with Gasteiger partial charge in [-0.2, -0.15) is 18.8 Å². The predicted octanol–water partition coefficient (Wildman–Crippen LogP) is 1.76. The summed E-state index contributed by atoms with van der Waals surface area (Å²) in [5.74, 6) is -1.15. The summed E-state index contributed by atoms with van der Waals surface area (Å²) in [6, 6.07) is 6.82. The molecule has 0 atom stereocenters. The van der Waals surface area contributed by atoms with Crippen molar-refractivity contribution in [2.75, 3.05) is 12.4 Å². The molecule has 0 spiro atoms. The second-order valence-electron chi connectivity index (χ2n) is 6.10. The number of nitrogens with zero attached hydrogens (tertiary/aromatic N) is 4. The summed E-state index contributed by atoms with van der Waals surface area (Å²) in [4.78, 5) is 12.3. The highest BCUT2D eigenvalue weighted by molar-refractivity contribution is 7.91. The van der Waals surface area contributed by atoms with Crippen molar-refractivity contribution < 1.29 is 30.7 Å². The van der Waals surface area contributed by atoms with Gasteiger partial charge in [0.2, 0.25) is 5.88 Å². The second kappa shape index (κ2) is 9.35. The molecule has 2 aromatic rings. The maximum atomic E-state index is 12.5. The highest BCUT2D eigenvalue weighted by atomic mass is 32.3. The fourth-order valence-electron chi connectivity index (χ4n) is 2.55. The van der Waals surface area contributed by atoms with E-state index in [1.807, 2.05) is 6.07 Å². The first-order chi connectivity index (χ1) is 14.4. The third-order valence-corrected chi connectivity index (χ3v) is 6.29. The molecule has 12 nitrogen and oxygen atoms in total. The molecule has 1 aromatic carbocycles. The summed E-state index contributed by atoms with van der Waals surface area (Å²) in [6.07, 6.45) is 0. The largest absolute Gasteiger partial charge is 0.493 e. The van der Waals surface area contributed by atoms with Gasteiger partial charge in [0.05, 0.1) is 22.9 Å². The highest BCUT2D eigenvalue weighted by Gasteiger charge is 2.19. The van der Waals surface area contributed by atoms with Crippen molar-refractivity contribution in [3.63, 3.8) is 0 Å². The van der Waals surface area contributed by atoms with Crippen molar-refractivity contribution in [3.05, 3.63) is 45.7 Å². The number of benzene rings is 1. The molecule has 0 unspecified atom stereocenters. The Morgan fingerprint density at radius 2 is 1.77 bits per heavy atom. The maximum absolute atomic E-state index is 12.5. The van der Waals surface area contributed by atoms with Gasteiger partial charge in [-0.25, -0.2) is 12.6 Å². The van der Waals surface area contributed by atoms with E-state index in [0.29, 0.717) is 0 Å². The van der Waals surface area contributed by atoms with Gasteiger partial charge in [-0.05, 0) is 38.1 Å². The van der Waals surface area contributed by atoms with Crippen LogP contribution < -0.4 is 5.56 Å². The van der Waals surface area contributed by atoms with Crippen molar-refractivity contribution >= 4 is 31.6 Å². The van der Waals surface area contributed by atoms with Gasteiger partial charge in [-0.1, -0.05) is 0 Å². The SMILES string of the molecule is CCn1c(O)c(C#N)c(C)c(N=Nc2ccc(S(=O)(=O)CCOS(=O)(=O)O)cc2)c1=O. The van der Waals surface area contributed by atoms with Crippen LogP contribution in [0.1, 0.15) is 18.1 Å². The fourth-order valence-corrected chi connectivity index (χ4v) is 4.03. The van der Waals surface area contributed by atoms with E-state index in [4.69, 9.17) is 4.55 Å². The third-order valence-electron chi connectivity index (χ3n) is 4.13. The van der Waals surface area contributed by atoms with E-state index in [1.165, 1.54) is 31.2 Å². The zero-order chi connectivity index (χ0) is 23.4. The van der Waals surface area contributed by atoms with Crippen LogP contribution in [0.3, 0.4) is 0 Å². The molecule has 0 saturated heterocycles. The molecule has 0 saturated carbocycles. The Hall–Kier alpha value is -3.12. The monoisotopic (exact) mass is 470 g/mol. The van der Waals surface area contributed by atoms with Gasteiger partial charge < -0.3 is 5.11 Å². The lowest BCUT2D eigenvalue weighted by Crippen LogP contribution is -2.20. The van der Waals surface area contributed by atoms with E-state index in [9.17, 15) is 32.0 Å². The molecule has 0 aliphatic heterocycles. The number of pyridine rings is 1. The normalized spacial score (nSPS) is 12.2. The molecule has 14 heteroatoms. The predicted molar refractivity (Wildman–Crippen MR) is 108 cm³/mol. The van der Waals surface area contributed by atoms with Gasteiger partial charge in [-0.15, -0.1) is 5.11 Å². The molecular weight excluding hydrogens is 452 g/mol. The van der Waals surface area contributed by atoms with E-state index >= 15 is 0 Å². The quantitative estimate of drug-likeness (QED) is 0.428. The topological polar surface area (TPSA) is 188 Å². The van der Waals surface area contributed by atoms with Crippen LogP contribution in [0.2, 0.25) is 0 Å². The molecule has 0 radical (unpaired) electrons. The first-order valence-electron chi connectivity index (χ1n) is 8.64. The molecule has 0 fully saturated rings. The zero-order valence-corrected chi connectivity index (χ0v) is 18.0. The molecule has 0 aliphatic carbocycles. The van der Waals surface area contributed by atoms with Gasteiger partial charge in [0, 0.05) is 12.1 Å². The third kappa shape index (κ3) is 5.73. The van der Waals surface area contributed by atoms with E-state index in [-0.39, 0.29) is 33.9 Å². The number of rotatable bonds is 8.